The SMILES string of the molecule is CC/C=C\C/C=C\C/C=C\C/C=C\C/C=C\CCCC(=O)OC[C@@H](COC(=O)CCCCCCC/C=C\CCCCCCCC)OC(=O)CCCCCCCCC/C=C\CCCCCCCC. The Morgan fingerprint density at radius 2 is 0.597 bits per heavy atom. The molecule has 0 heterocycles. The van der Waals surface area contributed by atoms with Crippen LogP contribution in [0.3, 0.4) is 0 Å². The van der Waals surface area contributed by atoms with Gasteiger partial charge in [0.15, 0.2) is 6.10 Å². The van der Waals surface area contributed by atoms with Crippen LogP contribution in [-0.4, -0.2) is 37.2 Å². The number of ether oxygens (including phenoxy) is 3. The van der Waals surface area contributed by atoms with Gasteiger partial charge in [0.2, 0.25) is 0 Å². The zero-order valence-corrected chi connectivity index (χ0v) is 43.9. The van der Waals surface area contributed by atoms with Gasteiger partial charge in [-0.2, -0.15) is 0 Å². The molecule has 0 saturated carbocycles. The van der Waals surface area contributed by atoms with Crippen molar-refractivity contribution in [3.63, 3.8) is 0 Å². The quantitative estimate of drug-likeness (QED) is 0.0262. The summed E-state index contributed by atoms with van der Waals surface area (Å²) in [4.78, 5) is 38.1. The smallest absolute Gasteiger partial charge is 0.306 e. The van der Waals surface area contributed by atoms with E-state index in [9.17, 15) is 14.4 Å². The maximum Gasteiger partial charge on any atom is 0.306 e. The van der Waals surface area contributed by atoms with Crippen LogP contribution in [0.2, 0.25) is 0 Å². The van der Waals surface area contributed by atoms with E-state index in [0.29, 0.717) is 19.3 Å². The second-order valence-electron chi connectivity index (χ2n) is 18.5. The summed E-state index contributed by atoms with van der Waals surface area (Å²) in [6.07, 6.45) is 71.4. The molecule has 6 nitrogen and oxygen atoms in total. The first-order valence-corrected chi connectivity index (χ1v) is 28.1. The molecule has 0 aromatic carbocycles. The number of unbranched alkanes of at least 4 members (excludes halogenated alkanes) is 25. The fourth-order valence-electron chi connectivity index (χ4n) is 7.64. The van der Waals surface area contributed by atoms with E-state index in [-0.39, 0.29) is 37.5 Å². The summed E-state index contributed by atoms with van der Waals surface area (Å²) in [7, 11) is 0. The lowest BCUT2D eigenvalue weighted by atomic mass is 10.1. The van der Waals surface area contributed by atoms with E-state index < -0.39 is 6.10 Å². The fraction of sp³-hybridized carbons (Fsp3) is 0.721. The fourth-order valence-corrected chi connectivity index (χ4v) is 7.64. The molecule has 0 aromatic heterocycles. The number of esters is 3. The van der Waals surface area contributed by atoms with Crippen LogP contribution in [0.15, 0.2) is 85.1 Å². The first-order chi connectivity index (χ1) is 33.0. The van der Waals surface area contributed by atoms with Crippen molar-refractivity contribution in [2.75, 3.05) is 13.2 Å². The summed E-state index contributed by atoms with van der Waals surface area (Å²) in [5.74, 6) is -0.969. The molecule has 0 unspecified atom stereocenters. The highest BCUT2D eigenvalue weighted by Crippen LogP contribution is 2.14. The Bertz CT molecular complexity index is 1300. The Morgan fingerprint density at radius 3 is 0.985 bits per heavy atom. The molecule has 0 aromatic rings. The predicted molar refractivity (Wildman–Crippen MR) is 288 cm³/mol. The van der Waals surface area contributed by atoms with Crippen molar-refractivity contribution in [1.29, 1.82) is 0 Å². The number of allylic oxidation sites excluding steroid dienone is 14. The highest BCUT2D eigenvalue weighted by molar-refractivity contribution is 5.71. The number of carbonyl (C=O) groups excluding carboxylic acids is 3. The Labute approximate surface area is 414 Å². The standard InChI is InChI=1S/C61H104O6/c1-4-7-10-13-16-19-22-25-28-30-33-36-39-42-45-48-51-54-60(63)66-57-58(56-65-59(62)53-50-47-44-41-38-35-32-27-24-21-18-15-12-9-6-3)67-61(64)55-52-49-46-43-40-37-34-31-29-26-23-20-17-14-11-8-5-2/h7,10,16,19,25-29,32-33,36,42,45,58H,4-6,8-9,11-15,17-18,20-24,30-31,34-35,37-41,43-44,46-57H2,1-3H3/b10-7-,19-16-,28-25-,29-26-,32-27-,36-33-,45-42-/t58-/m1/s1. The molecule has 0 spiro atoms. The van der Waals surface area contributed by atoms with Crippen LogP contribution in [0.5, 0.6) is 0 Å². The molecule has 0 aliphatic heterocycles. The van der Waals surface area contributed by atoms with E-state index >= 15 is 0 Å². The van der Waals surface area contributed by atoms with Crippen LogP contribution < -0.4 is 0 Å². The van der Waals surface area contributed by atoms with Gasteiger partial charge in [0.1, 0.15) is 13.2 Å². The minimum Gasteiger partial charge on any atom is -0.462 e. The van der Waals surface area contributed by atoms with E-state index in [0.717, 1.165) is 83.5 Å². The summed E-state index contributed by atoms with van der Waals surface area (Å²) in [6.45, 7) is 6.47. The molecule has 0 radical (unpaired) electrons. The molecule has 0 rings (SSSR count). The van der Waals surface area contributed by atoms with Crippen LogP contribution in [0.4, 0.5) is 0 Å². The van der Waals surface area contributed by atoms with Crippen molar-refractivity contribution in [3.8, 4) is 0 Å². The van der Waals surface area contributed by atoms with Crippen molar-refractivity contribution >= 4 is 17.9 Å². The minimum absolute atomic E-state index is 0.100. The second kappa shape index (κ2) is 55.2. The third-order valence-electron chi connectivity index (χ3n) is 11.9. The van der Waals surface area contributed by atoms with E-state index in [1.165, 1.54) is 135 Å². The van der Waals surface area contributed by atoms with Gasteiger partial charge in [0.05, 0.1) is 0 Å². The largest absolute Gasteiger partial charge is 0.462 e. The zero-order valence-electron chi connectivity index (χ0n) is 43.9. The first kappa shape index (κ1) is 63.6. The Balaban J connectivity index is 4.49. The lowest BCUT2D eigenvalue weighted by Gasteiger charge is -2.18. The molecule has 67 heavy (non-hydrogen) atoms. The van der Waals surface area contributed by atoms with Gasteiger partial charge in [-0.3, -0.25) is 14.4 Å². The topological polar surface area (TPSA) is 78.9 Å². The highest BCUT2D eigenvalue weighted by Gasteiger charge is 2.19. The molecule has 1 atom stereocenters. The summed E-state index contributed by atoms with van der Waals surface area (Å²) in [6, 6.07) is 0. The van der Waals surface area contributed by atoms with Crippen molar-refractivity contribution in [2.45, 2.75) is 271 Å². The highest BCUT2D eigenvalue weighted by atomic mass is 16.6. The average Bonchev–Trinajstić information content (AvgIpc) is 3.33. The molecular weight excluding hydrogens is 829 g/mol. The molecule has 384 valence electrons. The summed E-state index contributed by atoms with van der Waals surface area (Å²) < 4.78 is 16.8. The number of hydrogen-bond donors (Lipinski definition) is 0. The second-order valence-corrected chi connectivity index (χ2v) is 18.5. The third-order valence-corrected chi connectivity index (χ3v) is 11.9. The van der Waals surface area contributed by atoms with E-state index in [4.69, 9.17) is 14.2 Å². The van der Waals surface area contributed by atoms with Gasteiger partial charge in [-0.15, -0.1) is 0 Å². The molecule has 0 aliphatic rings. The van der Waals surface area contributed by atoms with Gasteiger partial charge in [-0.1, -0.05) is 221 Å². The van der Waals surface area contributed by atoms with Crippen molar-refractivity contribution in [1.82, 2.24) is 0 Å². The van der Waals surface area contributed by atoms with Gasteiger partial charge in [-0.25, -0.2) is 0 Å². The van der Waals surface area contributed by atoms with Gasteiger partial charge >= 0.3 is 17.9 Å². The van der Waals surface area contributed by atoms with Crippen LogP contribution in [-0.2, 0) is 28.6 Å². The number of hydrogen-bond acceptors (Lipinski definition) is 6. The molecule has 0 saturated heterocycles. The van der Waals surface area contributed by atoms with E-state index in [2.05, 4.69) is 106 Å². The molecular formula is C61H104O6. The van der Waals surface area contributed by atoms with Gasteiger partial charge < -0.3 is 14.2 Å². The first-order valence-electron chi connectivity index (χ1n) is 28.1. The maximum atomic E-state index is 12.8. The Hall–Kier alpha value is -3.41. The molecule has 0 fully saturated rings. The minimum atomic E-state index is -0.805. The Kier molecular flexibility index (Phi) is 52.4. The summed E-state index contributed by atoms with van der Waals surface area (Å²) in [5.41, 5.74) is 0. The van der Waals surface area contributed by atoms with Crippen LogP contribution in [0, 0.1) is 0 Å². The zero-order chi connectivity index (χ0) is 48.6. The van der Waals surface area contributed by atoms with Crippen LogP contribution in [0.1, 0.15) is 265 Å². The molecule has 0 bridgehead atoms. The summed E-state index contributed by atoms with van der Waals surface area (Å²) in [5, 5.41) is 0. The van der Waals surface area contributed by atoms with Crippen molar-refractivity contribution in [3.05, 3.63) is 85.1 Å². The van der Waals surface area contributed by atoms with Gasteiger partial charge in [0, 0.05) is 19.3 Å². The average molecular weight is 933 g/mol. The van der Waals surface area contributed by atoms with Gasteiger partial charge in [0.25, 0.3) is 0 Å². The van der Waals surface area contributed by atoms with Crippen LogP contribution in [0.25, 0.3) is 0 Å². The Morgan fingerprint density at radius 1 is 0.313 bits per heavy atom. The van der Waals surface area contributed by atoms with Crippen molar-refractivity contribution in [2.24, 2.45) is 0 Å². The number of carbonyl (C=O) groups is 3. The van der Waals surface area contributed by atoms with E-state index in [1.54, 1.807) is 0 Å². The maximum absolute atomic E-state index is 12.8. The lowest BCUT2D eigenvalue weighted by molar-refractivity contribution is -0.167. The molecule has 6 heteroatoms. The monoisotopic (exact) mass is 933 g/mol. The van der Waals surface area contributed by atoms with Crippen LogP contribution >= 0.6 is 0 Å². The van der Waals surface area contributed by atoms with Gasteiger partial charge in [-0.05, 0) is 109 Å². The van der Waals surface area contributed by atoms with E-state index in [1.807, 2.05) is 0 Å². The molecule has 0 amide bonds. The molecule has 0 aliphatic carbocycles. The number of rotatable bonds is 50. The normalized spacial score (nSPS) is 12.7. The van der Waals surface area contributed by atoms with Crippen molar-refractivity contribution < 1.29 is 28.6 Å². The third kappa shape index (κ3) is 53.4. The molecule has 0 N–H and O–H groups in total. The lowest BCUT2D eigenvalue weighted by Crippen LogP contribution is -2.30. The predicted octanol–water partition coefficient (Wildman–Crippen LogP) is 18.8. The summed E-state index contributed by atoms with van der Waals surface area (Å²) >= 11 is 0.